The molecular formula is C68H28Br2Cl8N2O6. The molecule has 1 aliphatic rings. The molecule has 0 radical (unpaired) electrons. The van der Waals surface area contributed by atoms with E-state index in [1.54, 1.807) is 24.3 Å². The van der Waals surface area contributed by atoms with Gasteiger partial charge in [-0.15, -0.1) is 0 Å². The minimum Gasteiger partial charge on any atom is -0.386 e. The number of halogens is 10. The number of para-hydroxylation sites is 4. The molecule has 0 spiro atoms. The average molecular weight is 1410 g/mol. The number of pyridine rings is 1. The summed E-state index contributed by atoms with van der Waals surface area (Å²) in [5.74, 6) is -1.53. The summed E-state index contributed by atoms with van der Waals surface area (Å²) in [4.78, 5) is 50.7. The highest BCUT2D eigenvalue weighted by molar-refractivity contribution is 9.11. The molecule has 1 N–H and O–H groups in total. The summed E-state index contributed by atoms with van der Waals surface area (Å²) in [6.45, 7) is 0. The molecule has 18 heteroatoms. The highest BCUT2D eigenvalue weighted by Gasteiger charge is 2.34. The molecule has 1 aliphatic heterocycles. The first kappa shape index (κ1) is 55.4. The average Bonchev–Trinajstić information content (AvgIpc) is 0.692. The van der Waals surface area contributed by atoms with Gasteiger partial charge >= 0.3 is 23.2 Å². The second-order valence-electron chi connectivity index (χ2n) is 20.5. The Bertz CT molecular complexity index is 5570. The number of hydrogen-bond acceptors (Lipinski definition) is 7. The number of carbonyl (C=O) groups excluding carboxylic acids is 2. The minimum absolute atomic E-state index is 0.191. The largest absolute Gasteiger partial charge is 0.386 e. The van der Waals surface area contributed by atoms with E-state index < -0.39 is 23.2 Å². The third kappa shape index (κ3) is 8.22. The zero-order chi connectivity index (χ0) is 59.5. The number of anilines is 2. The van der Waals surface area contributed by atoms with Crippen molar-refractivity contribution in [2.24, 2.45) is 0 Å². The summed E-state index contributed by atoms with van der Waals surface area (Å²) in [6, 6.07) is 52.1. The summed E-state index contributed by atoms with van der Waals surface area (Å²) in [5, 5.41) is 18.9. The molecule has 0 unspecified atom stereocenters. The van der Waals surface area contributed by atoms with E-state index in [2.05, 4.69) is 66.0 Å². The van der Waals surface area contributed by atoms with Crippen molar-refractivity contribution in [1.29, 1.82) is 0 Å². The molecule has 0 aliphatic carbocycles. The molecule has 0 saturated carbocycles. The van der Waals surface area contributed by atoms with E-state index in [1.165, 1.54) is 12.1 Å². The number of nitrogens with one attached hydrogen (secondary N) is 1. The number of rotatable bonds is 3. The number of aromatic nitrogens is 1. The quantitative estimate of drug-likeness (QED) is 0.0812. The van der Waals surface area contributed by atoms with E-state index in [0.29, 0.717) is 94.8 Å². The van der Waals surface area contributed by atoms with Crippen LogP contribution in [-0.2, 0) is 4.74 Å². The molecule has 86 heavy (non-hydrogen) atoms. The second kappa shape index (κ2) is 20.7. The molecule has 8 nitrogen and oxygen atoms in total. The molecule has 0 bridgehead atoms. The van der Waals surface area contributed by atoms with E-state index in [0.717, 1.165) is 69.4 Å². The fraction of sp³-hybridized carbons (Fsp3) is 0. The molecule has 2 aromatic heterocycles. The number of esters is 2. The van der Waals surface area contributed by atoms with Crippen molar-refractivity contribution >= 4 is 267 Å². The Hall–Kier alpha value is -7.16. The minimum atomic E-state index is -0.766. The summed E-state index contributed by atoms with van der Waals surface area (Å²) < 4.78 is 13.6. The van der Waals surface area contributed by atoms with Crippen LogP contribution in [-0.4, -0.2) is 16.5 Å². The van der Waals surface area contributed by atoms with Gasteiger partial charge in [0.1, 0.15) is 0 Å². The maximum atomic E-state index is 12.8. The van der Waals surface area contributed by atoms with E-state index >= 15 is 0 Å². The lowest BCUT2D eigenvalue weighted by atomic mass is 9.85. The van der Waals surface area contributed by atoms with Crippen molar-refractivity contribution in [3.05, 3.63) is 245 Å². The first-order valence-corrected chi connectivity index (χ1v) is 30.7. The summed E-state index contributed by atoms with van der Waals surface area (Å²) in [7, 11) is 0. The van der Waals surface area contributed by atoms with Gasteiger partial charge in [0.15, 0.2) is 0 Å². The number of hydrogen-bond donors (Lipinski definition) is 1. The first-order valence-electron chi connectivity index (χ1n) is 26.1. The number of fused-ring (bicyclic) bond motifs is 6. The zero-order valence-electron chi connectivity index (χ0n) is 43.3. The van der Waals surface area contributed by atoms with Gasteiger partial charge in [-0.25, -0.2) is 19.2 Å². The Morgan fingerprint density at radius 1 is 0.326 bits per heavy atom. The fourth-order valence-corrected chi connectivity index (χ4v) is 16.8. The van der Waals surface area contributed by atoms with Gasteiger partial charge in [-0.1, -0.05) is 197 Å². The Balaban J connectivity index is 0.000000124. The number of cyclic esters (lactones) is 2. The van der Waals surface area contributed by atoms with Crippen LogP contribution < -0.4 is 16.6 Å². The SMILES string of the molecule is O=C1OC(=O)c2cc(Cl)c3c4c(Cl)cc(Br)c5c(Br)cc(Cl)c(c6c(Cl)cc1c2c63)c54.O=c1oc(=O)c2cc(Cl)c3c4c(Cl)cc5c6c(cc(Cl)c(c7c(Cl)cc1c2c73)c46)c1ccccc1n5-c1ccccc1.c1ccc(Nc2ccccc2)cc1. The molecule has 0 amide bonds. The summed E-state index contributed by atoms with van der Waals surface area (Å²) in [6.07, 6.45) is 0. The van der Waals surface area contributed by atoms with Gasteiger partial charge < -0.3 is 19.0 Å². The highest BCUT2D eigenvalue weighted by atomic mass is 79.9. The number of ether oxygens (including phenoxy) is 1. The number of nitrogens with zero attached hydrogens (tertiary/aromatic N) is 1. The normalized spacial score (nSPS) is 12.5. The van der Waals surface area contributed by atoms with Crippen LogP contribution in [0.1, 0.15) is 20.7 Å². The lowest BCUT2D eigenvalue weighted by Crippen LogP contribution is -2.20. The second-order valence-corrected chi connectivity index (χ2v) is 25.5. The molecule has 416 valence electrons. The smallest absolute Gasteiger partial charge is 0.346 e. The molecule has 14 aromatic carbocycles. The van der Waals surface area contributed by atoms with Crippen molar-refractivity contribution in [1.82, 2.24) is 4.57 Å². The van der Waals surface area contributed by atoms with E-state index in [1.807, 2.05) is 103 Å². The Kier molecular flexibility index (Phi) is 13.4. The Labute approximate surface area is 541 Å². The first-order chi connectivity index (χ1) is 41.5. The van der Waals surface area contributed by atoms with Gasteiger partial charge in [0.05, 0.1) is 48.0 Å². The zero-order valence-corrected chi connectivity index (χ0v) is 52.5. The van der Waals surface area contributed by atoms with Crippen molar-refractivity contribution in [2.75, 3.05) is 5.32 Å². The van der Waals surface area contributed by atoms with E-state index in [9.17, 15) is 19.2 Å². The number of benzene rings is 14. The van der Waals surface area contributed by atoms with E-state index in [4.69, 9.17) is 102 Å². The van der Waals surface area contributed by atoms with Crippen molar-refractivity contribution < 1.29 is 18.7 Å². The lowest BCUT2D eigenvalue weighted by Gasteiger charge is -2.24. The van der Waals surface area contributed by atoms with Crippen LogP contribution in [0.15, 0.2) is 187 Å². The topological polar surface area (TPSA) is 108 Å². The molecule has 0 saturated heterocycles. The fourth-order valence-electron chi connectivity index (χ4n) is 12.6. The van der Waals surface area contributed by atoms with E-state index in [-0.39, 0.29) is 31.9 Å². The van der Waals surface area contributed by atoms with Crippen LogP contribution >= 0.6 is 125 Å². The van der Waals surface area contributed by atoms with Gasteiger partial charge in [0.2, 0.25) is 0 Å². The van der Waals surface area contributed by atoms with Crippen LogP contribution in [0.2, 0.25) is 40.2 Å². The molecule has 3 heterocycles. The van der Waals surface area contributed by atoms with Crippen molar-refractivity contribution in [3.63, 3.8) is 0 Å². The van der Waals surface area contributed by atoms with Gasteiger partial charge in [0, 0.05) is 143 Å². The summed E-state index contributed by atoms with van der Waals surface area (Å²) in [5.41, 5.74) is 3.94. The van der Waals surface area contributed by atoms with Crippen LogP contribution in [0.4, 0.5) is 11.4 Å². The predicted molar refractivity (Wildman–Crippen MR) is 365 cm³/mol. The van der Waals surface area contributed by atoms with Crippen LogP contribution in [0, 0.1) is 0 Å². The van der Waals surface area contributed by atoms with Gasteiger partial charge in [-0.3, -0.25) is 0 Å². The predicted octanol–water partition coefficient (Wildman–Crippen LogP) is 23.0. The molecule has 0 fully saturated rings. The standard InChI is InChI=1S/C34H13Cl4NO3.C22H4Br2Cl4O3.C12H11N/c35-19-10-16-15-8-4-5-9-23(15)39(14-6-2-1-3-7-14)24-13-22(38)30-28-21(37)12-18-25-17(33(40)42-34(18)41)11-20(36)27(31(25)28)29(19)32(30)26(16)24;23-7-3-11(27)17-15-9(25)1-5-13-6(22(30)31-21(5)29)2-10(26)16(19(13)15)18-12(28)4-8(24)14(7)20(17)18;1-3-7-11(8-4-1)13-12-9-5-2-6-10-12/h1-13H;1-4H;1-10,13H. The van der Waals surface area contributed by atoms with Gasteiger partial charge in [-0.2, -0.15) is 0 Å². The van der Waals surface area contributed by atoms with Crippen molar-refractivity contribution in [2.45, 2.75) is 0 Å². The monoisotopic (exact) mass is 1410 g/mol. The van der Waals surface area contributed by atoms with Crippen molar-refractivity contribution in [3.8, 4) is 5.69 Å². The summed E-state index contributed by atoms with van der Waals surface area (Å²) >= 11 is 62.4. The van der Waals surface area contributed by atoms with Gasteiger partial charge in [0.25, 0.3) is 0 Å². The number of carbonyl (C=O) groups is 2. The lowest BCUT2D eigenvalue weighted by molar-refractivity contribution is 0.0391. The van der Waals surface area contributed by atoms with Crippen LogP contribution in [0.25, 0.3) is 124 Å². The molecule has 0 atom stereocenters. The maximum Gasteiger partial charge on any atom is 0.346 e. The maximum absolute atomic E-state index is 12.8. The Morgan fingerprint density at radius 2 is 0.698 bits per heavy atom. The molecule has 17 rings (SSSR count). The molecule has 16 aromatic rings. The third-order valence-corrected chi connectivity index (χ3v) is 19.5. The highest BCUT2D eigenvalue weighted by Crippen LogP contribution is 2.56. The van der Waals surface area contributed by atoms with Crippen LogP contribution in [0.5, 0.6) is 0 Å². The Morgan fingerprint density at radius 3 is 1.19 bits per heavy atom. The third-order valence-electron chi connectivity index (χ3n) is 15.9. The molecular weight excluding hydrogens is 1380 g/mol. The van der Waals surface area contributed by atoms with Crippen LogP contribution in [0.3, 0.4) is 0 Å². The van der Waals surface area contributed by atoms with Gasteiger partial charge in [-0.05, 0) is 96.4 Å².